The zero-order chi connectivity index (χ0) is 17.0. The second-order valence-electron chi connectivity index (χ2n) is 5.32. The summed E-state index contributed by atoms with van der Waals surface area (Å²) >= 11 is 0. The number of rotatable bonds is 5. The average molecular weight is 341 g/mol. The van der Waals surface area contributed by atoms with Crippen LogP contribution in [0.2, 0.25) is 0 Å². The molecule has 0 N–H and O–H groups in total. The Balaban J connectivity index is 2.01. The zero-order valence-electron chi connectivity index (χ0n) is 13.0. The van der Waals surface area contributed by atoms with Gasteiger partial charge in [0, 0.05) is 25.0 Å². The van der Waals surface area contributed by atoms with Crippen molar-refractivity contribution in [2.24, 2.45) is 0 Å². The summed E-state index contributed by atoms with van der Waals surface area (Å²) in [6.07, 6.45) is 3.41. The summed E-state index contributed by atoms with van der Waals surface area (Å²) in [6, 6.07) is -0.366. The van der Waals surface area contributed by atoms with Crippen molar-refractivity contribution in [3.05, 3.63) is 24.3 Å². The van der Waals surface area contributed by atoms with E-state index in [-0.39, 0.29) is 23.2 Å². The normalized spacial score (nSPS) is 20.7. The number of sulfone groups is 1. The van der Waals surface area contributed by atoms with Crippen molar-refractivity contribution in [1.82, 2.24) is 14.9 Å². The molecular weight excluding hydrogens is 322 g/mol. The average Bonchev–Trinajstić information content (AvgIpc) is 2.88. The molecule has 1 saturated heterocycles. The van der Waals surface area contributed by atoms with Gasteiger partial charge in [-0.1, -0.05) is 0 Å². The topological polar surface area (TPSA) is 107 Å². The molecule has 0 aromatic carbocycles. The molecule has 0 unspecified atom stereocenters. The molecule has 23 heavy (non-hydrogen) atoms. The summed E-state index contributed by atoms with van der Waals surface area (Å²) in [5, 5.41) is 0. The largest absolute Gasteiger partial charge is 0.448 e. The highest BCUT2D eigenvalue weighted by Crippen LogP contribution is 2.19. The number of hydrogen-bond donors (Lipinski definition) is 0. The van der Waals surface area contributed by atoms with Gasteiger partial charge in [0.15, 0.2) is 21.6 Å². The van der Waals surface area contributed by atoms with Gasteiger partial charge in [-0.3, -0.25) is 9.78 Å². The van der Waals surface area contributed by atoms with E-state index in [1.165, 1.54) is 30.4 Å². The van der Waals surface area contributed by atoms with Gasteiger partial charge < -0.3 is 9.64 Å². The molecule has 1 aliphatic rings. The molecule has 2 rings (SSSR count). The Bertz CT molecular complexity index is 677. The minimum Gasteiger partial charge on any atom is -0.448 e. The van der Waals surface area contributed by atoms with E-state index in [0.29, 0.717) is 13.0 Å². The van der Waals surface area contributed by atoms with Crippen LogP contribution < -0.4 is 0 Å². The number of carbonyl (C=O) groups is 2. The molecule has 0 bridgehead atoms. The Hall–Kier alpha value is -2.03. The molecule has 1 aromatic rings. The number of likely N-dealkylation sites (N-methyl/N-ethyl adjacent to an activating group) is 1. The van der Waals surface area contributed by atoms with E-state index in [2.05, 4.69) is 9.97 Å². The van der Waals surface area contributed by atoms with E-state index in [4.69, 9.17) is 4.74 Å². The first kappa shape index (κ1) is 17.3. The smallest absolute Gasteiger partial charge is 0.359 e. The molecule has 0 radical (unpaired) electrons. The summed E-state index contributed by atoms with van der Waals surface area (Å²) < 4.78 is 28.3. The van der Waals surface area contributed by atoms with E-state index >= 15 is 0 Å². The Morgan fingerprint density at radius 2 is 2.17 bits per heavy atom. The molecule has 1 aromatic heterocycles. The maximum absolute atomic E-state index is 12.5. The number of nitrogens with zero attached hydrogens (tertiary/aromatic N) is 3. The fraction of sp³-hybridized carbons (Fsp3) is 0.571. The van der Waals surface area contributed by atoms with Gasteiger partial charge in [-0.25, -0.2) is 18.2 Å². The summed E-state index contributed by atoms with van der Waals surface area (Å²) in [4.78, 5) is 33.4. The van der Waals surface area contributed by atoms with Crippen LogP contribution in [0.3, 0.4) is 0 Å². The van der Waals surface area contributed by atoms with Crippen LogP contribution in [0, 0.1) is 0 Å². The third-order valence-corrected chi connectivity index (χ3v) is 5.43. The van der Waals surface area contributed by atoms with Crippen molar-refractivity contribution in [3.8, 4) is 0 Å². The van der Waals surface area contributed by atoms with Crippen molar-refractivity contribution in [2.45, 2.75) is 32.4 Å². The third-order valence-electron chi connectivity index (χ3n) is 3.68. The molecule has 126 valence electrons. The number of aromatic nitrogens is 2. The fourth-order valence-corrected chi connectivity index (χ4v) is 4.26. The number of amides is 1. The van der Waals surface area contributed by atoms with Crippen LogP contribution in [-0.4, -0.2) is 65.4 Å². The van der Waals surface area contributed by atoms with Crippen molar-refractivity contribution in [1.29, 1.82) is 0 Å². The van der Waals surface area contributed by atoms with Gasteiger partial charge >= 0.3 is 5.97 Å². The summed E-state index contributed by atoms with van der Waals surface area (Å²) in [6.45, 7) is 3.58. The van der Waals surface area contributed by atoms with Crippen LogP contribution in [0.25, 0.3) is 0 Å². The fourth-order valence-electron chi connectivity index (χ4n) is 2.52. The highest BCUT2D eigenvalue weighted by molar-refractivity contribution is 7.91. The van der Waals surface area contributed by atoms with Gasteiger partial charge in [0.05, 0.1) is 17.7 Å². The first-order valence-electron chi connectivity index (χ1n) is 7.32. The first-order chi connectivity index (χ1) is 10.8. The quantitative estimate of drug-likeness (QED) is 0.697. The monoisotopic (exact) mass is 341 g/mol. The molecule has 1 fully saturated rings. The van der Waals surface area contributed by atoms with E-state index in [1.54, 1.807) is 6.92 Å². The van der Waals surface area contributed by atoms with Crippen LogP contribution in [-0.2, 0) is 19.4 Å². The number of esters is 1. The maximum atomic E-state index is 12.5. The van der Waals surface area contributed by atoms with Crippen molar-refractivity contribution in [3.63, 3.8) is 0 Å². The first-order valence-corrected chi connectivity index (χ1v) is 9.14. The summed E-state index contributed by atoms with van der Waals surface area (Å²) in [7, 11) is -3.10. The van der Waals surface area contributed by atoms with E-state index in [9.17, 15) is 18.0 Å². The summed E-state index contributed by atoms with van der Waals surface area (Å²) in [5.41, 5.74) is 0.0126. The number of carbonyl (C=O) groups excluding carboxylic acids is 2. The molecule has 8 nitrogen and oxygen atoms in total. The summed E-state index contributed by atoms with van der Waals surface area (Å²) in [5.74, 6) is -1.12. The lowest BCUT2D eigenvalue weighted by Gasteiger charge is -2.29. The Labute approximate surface area is 134 Å². The molecule has 1 aliphatic heterocycles. The van der Waals surface area contributed by atoms with Gasteiger partial charge in [0.1, 0.15) is 0 Å². The predicted octanol–water partition coefficient (Wildman–Crippen LogP) is 0.0575. The number of ether oxygens (including phenoxy) is 1. The molecule has 2 atom stereocenters. The second kappa shape index (κ2) is 7.03. The van der Waals surface area contributed by atoms with Gasteiger partial charge in [0.25, 0.3) is 5.91 Å². The predicted molar refractivity (Wildman–Crippen MR) is 81.4 cm³/mol. The van der Waals surface area contributed by atoms with E-state index in [0.717, 1.165) is 0 Å². The molecule has 0 saturated carbocycles. The van der Waals surface area contributed by atoms with Crippen LogP contribution >= 0.6 is 0 Å². The minimum absolute atomic E-state index is 0.0126. The molecule has 2 heterocycles. The molecule has 0 spiro atoms. The van der Waals surface area contributed by atoms with E-state index < -0.39 is 27.8 Å². The Morgan fingerprint density at radius 3 is 2.70 bits per heavy atom. The maximum Gasteiger partial charge on any atom is 0.359 e. The Morgan fingerprint density at radius 1 is 1.43 bits per heavy atom. The minimum atomic E-state index is -3.10. The van der Waals surface area contributed by atoms with Gasteiger partial charge in [-0.05, 0) is 20.3 Å². The van der Waals surface area contributed by atoms with Gasteiger partial charge in [0.2, 0.25) is 0 Å². The third kappa shape index (κ3) is 4.25. The molecule has 1 amide bonds. The number of hydrogen-bond acceptors (Lipinski definition) is 7. The van der Waals surface area contributed by atoms with Crippen LogP contribution in [0.5, 0.6) is 0 Å². The standard InChI is InChI=1S/C14H19N3O5S/c1-3-17(11-4-7-23(20,21)9-11)13(18)10(2)22-14(19)12-8-15-5-6-16-12/h5-6,8,10-11H,3-4,7,9H2,1-2H3/t10-,11+/m0/s1. The highest BCUT2D eigenvalue weighted by atomic mass is 32.2. The Kier molecular flexibility index (Phi) is 5.30. The van der Waals surface area contributed by atoms with Crippen molar-refractivity contribution < 1.29 is 22.7 Å². The van der Waals surface area contributed by atoms with Crippen LogP contribution in [0.4, 0.5) is 0 Å². The molecular formula is C14H19N3O5S. The van der Waals surface area contributed by atoms with Gasteiger partial charge in [-0.2, -0.15) is 0 Å². The van der Waals surface area contributed by atoms with E-state index in [1.807, 2.05) is 0 Å². The van der Waals surface area contributed by atoms with Crippen LogP contribution in [0.15, 0.2) is 18.6 Å². The lowest BCUT2D eigenvalue weighted by Crippen LogP contribution is -2.46. The van der Waals surface area contributed by atoms with Crippen molar-refractivity contribution >= 4 is 21.7 Å². The highest BCUT2D eigenvalue weighted by Gasteiger charge is 2.36. The zero-order valence-corrected chi connectivity index (χ0v) is 13.8. The molecule has 0 aliphatic carbocycles. The SMILES string of the molecule is CCN(C(=O)[C@H](C)OC(=O)c1cnccn1)[C@@H]1CCS(=O)(=O)C1. The van der Waals surface area contributed by atoms with Gasteiger partial charge in [-0.15, -0.1) is 0 Å². The lowest BCUT2D eigenvalue weighted by atomic mass is 10.2. The van der Waals surface area contributed by atoms with Crippen LogP contribution in [0.1, 0.15) is 30.8 Å². The van der Waals surface area contributed by atoms with Crippen molar-refractivity contribution in [2.75, 3.05) is 18.1 Å². The lowest BCUT2D eigenvalue weighted by molar-refractivity contribution is -0.141. The molecule has 9 heteroatoms. The second-order valence-corrected chi connectivity index (χ2v) is 7.55.